The van der Waals surface area contributed by atoms with Crippen molar-refractivity contribution in [1.29, 1.82) is 0 Å². The molecule has 1 aliphatic heterocycles. The number of hydrogen-bond acceptors (Lipinski definition) is 9. The zero-order valence-corrected chi connectivity index (χ0v) is 30.4. The molecular formula is C42H49NO10. The van der Waals surface area contributed by atoms with Crippen molar-refractivity contribution in [2.45, 2.75) is 51.1 Å². The second-order valence-electron chi connectivity index (χ2n) is 12.7. The molecule has 0 radical (unpaired) electrons. The van der Waals surface area contributed by atoms with Crippen LogP contribution in [0.2, 0.25) is 0 Å². The second kappa shape index (κ2) is 20.8. The second-order valence-corrected chi connectivity index (χ2v) is 12.7. The third-order valence-electron chi connectivity index (χ3n) is 8.97. The number of nitrogens with zero attached hydrogens (tertiary/aromatic N) is 1. The highest BCUT2D eigenvalue weighted by atomic mass is 16.6. The molecule has 2 unspecified atom stereocenters. The standard InChI is InChI=1S/C42H49NO10/c1-47-22-8-25-51-39-26-32(14-19-37(39)41(44)45)29-52-40-27-43(42(46)53-28-31-10-4-3-5-11-31)21-20-36(40)33-15-17-35(18-16-33)50-24-9-23-49-30-34-12-6-7-13-38(34)48-2/h3-7,10-19,26,36,40H,8-9,20-25,27-30H2,1-2H3,(H,44,45). The number of piperidine rings is 1. The van der Waals surface area contributed by atoms with E-state index in [1.807, 2.05) is 78.9 Å². The first-order valence-corrected chi connectivity index (χ1v) is 17.9. The third-order valence-corrected chi connectivity index (χ3v) is 8.97. The van der Waals surface area contributed by atoms with E-state index in [1.165, 1.54) is 6.07 Å². The summed E-state index contributed by atoms with van der Waals surface area (Å²) in [6, 6.07) is 30.4. The fourth-order valence-electron chi connectivity index (χ4n) is 6.15. The Morgan fingerprint density at radius 2 is 1.51 bits per heavy atom. The van der Waals surface area contributed by atoms with Crippen LogP contribution in [0.3, 0.4) is 0 Å². The number of rotatable bonds is 20. The van der Waals surface area contributed by atoms with Gasteiger partial charge in [0.05, 0.1) is 52.8 Å². The van der Waals surface area contributed by atoms with E-state index in [2.05, 4.69) is 0 Å². The predicted octanol–water partition coefficient (Wildman–Crippen LogP) is 7.51. The molecule has 1 fully saturated rings. The van der Waals surface area contributed by atoms with Crippen LogP contribution in [0.5, 0.6) is 17.2 Å². The summed E-state index contributed by atoms with van der Waals surface area (Å²) >= 11 is 0. The summed E-state index contributed by atoms with van der Waals surface area (Å²) in [6.07, 6.45) is 1.28. The van der Waals surface area contributed by atoms with Crippen LogP contribution >= 0.6 is 0 Å². The molecule has 1 aliphatic rings. The molecule has 0 spiro atoms. The van der Waals surface area contributed by atoms with E-state index in [0.717, 1.165) is 40.2 Å². The van der Waals surface area contributed by atoms with Crippen molar-refractivity contribution < 1.29 is 47.9 Å². The Bertz CT molecular complexity index is 1720. The van der Waals surface area contributed by atoms with Crippen molar-refractivity contribution in [3.8, 4) is 17.2 Å². The summed E-state index contributed by atoms with van der Waals surface area (Å²) < 4.78 is 40.3. The number of methoxy groups -OCH3 is 2. The molecule has 0 aliphatic carbocycles. The zero-order valence-electron chi connectivity index (χ0n) is 30.4. The Balaban J connectivity index is 1.20. The first-order valence-electron chi connectivity index (χ1n) is 17.9. The minimum absolute atomic E-state index is 0.00587. The summed E-state index contributed by atoms with van der Waals surface area (Å²) in [5.74, 6) is 0.774. The molecule has 1 saturated heterocycles. The van der Waals surface area contributed by atoms with Gasteiger partial charge in [-0.25, -0.2) is 9.59 Å². The van der Waals surface area contributed by atoms with Gasteiger partial charge in [-0.3, -0.25) is 0 Å². The minimum atomic E-state index is -1.07. The topological polar surface area (TPSA) is 122 Å². The third kappa shape index (κ3) is 12.0. The summed E-state index contributed by atoms with van der Waals surface area (Å²) in [6.45, 7) is 3.60. The maximum Gasteiger partial charge on any atom is 0.410 e. The van der Waals surface area contributed by atoms with E-state index >= 15 is 0 Å². The lowest BCUT2D eigenvalue weighted by Crippen LogP contribution is -2.47. The molecule has 282 valence electrons. The number of para-hydroxylation sites is 1. The molecule has 0 aromatic heterocycles. The fourth-order valence-corrected chi connectivity index (χ4v) is 6.15. The van der Waals surface area contributed by atoms with Gasteiger partial charge in [-0.05, 0) is 53.4 Å². The number of hydrogen-bond donors (Lipinski definition) is 1. The molecule has 1 heterocycles. The number of carboxylic acid groups (broad SMARTS) is 1. The number of likely N-dealkylation sites (tertiary alicyclic amines) is 1. The number of aromatic carboxylic acids is 1. The molecular weight excluding hydrogens is 678 g/mol. The Labute approximate surface area is 311 Å². The van der Waals surface area contributed by atoms with E-state index in [1.54, 1.807) is 31.3 Å². The highest BCUT2D eigenvalue weighted by Crippen LogP contribution is 2.33. The molecule has 4 aromatic rings. The summed E-state index contributed by atoms with van der Waals surface area (Å²) in [4.78, 5) is 26.7. The molecule has 1 amide bonds. The van der Waals surface area contributed by atoms with Crippen LogP contribution in [0.25, 0.3) is 0 Å². The van der Waals surface area contributed by atoms with Crippen LogP contribution in [0.4, 0.5) is 4.79 Å². The largest absolute Gasteiger partial charge is 0.496 e. The zero-order chi connectivity index (χ0) is 37.3. The average Bonchev–Trinajstić information content (AvgIpc) is 3.19. The summed E-state index contributed by atoms with van der Waals surface area (Å²) in [7, 11) is 3.26. The van der Waals surface area contributed by atoms with Crippen LogP contribution in [-0.4, -0.2) is 81.9 Å². The number of ether oxygens (including phenoxy) is 7. The van der Waals surface area contributed by atoms with Gasteiger partial charge in [0.1, 0.15) is 29.4 Å². The molecule has 0 saturated carbocycles. The van der Waals surface area contributed by atoms with Crippen molar-refractivity contribution >= 4 is 12.1 Å². The minimum Gasteiger partial charge on any atom is -0.496 e. The number of amides is 1. The van der Waals surface area contributed by atoms with Gasteiger partial charge in [0.25, 0.3) is 0 Å². The van der Waals surface area contributed by atoms with E-state index in [4.69, 9.17) is 33.2 Å². The lowest BCUT2D eigenvalue weighted by molar-refractivity contribution is -0.0246. The van der Waals surface area contributed by atoms with Crippen molar-refractivity contribution in [3.63, 3.8) is 0 Å². The molecule has 53 heavy (non-hydrogen) atoms. The van der Waals surface area contributed by atoms with Gasteiger partial charge in [-0.1, -0.05) is 66.7 Å². The van der Waals surface area contributed by atoms with Crippen LogP contribution < -0.4 is 14.2 Å². The SMILES string of the molecule is COCCCOc1cc(COC2CN(C(=O)OCc3ccccc3)CCC2c2ccc(OCCCOCc3ccccc3OC)cc2)ccc1C(=O)O. The van der Waals surface area contributed by atoms with Gasteiger partial charge < -0.3 is 43.2 Å². The van der Waals surface area contributed by atoms with Gasteiger partial charge >= 0.3 is 12.1 Å². The van der Waals surface area contributed by atoms with Crippen molar-refractivity contribution in [2.24, 2.45) is 0 Å². The van der Waals surface area contributed by atoms with Crippen LogP contribution in [-0.2, 0) is 38.8 Å². The monoisotopic (exact) mass is 727 g/mol. The fraction of sp³-hybridized carbons (Fsp3) is 0.381. The maximum absolute atomic E-state index is 13.2. The van der Waals surface area contributed by atoms with Gasteiger partial charge in [0.2, 0.25) is 0 Å². The normalized spacial score (nSPS) is 15.5. The van der Waals surface area contributed by atoms with Crippen molar-refractivity contribution in [1.82, 2.24) is 4.90 Å². The lowest BCUT2D eigenvalue weighted by atomic mass is 9.87. The first kappa shape index (κ1) is 39.1. The Morgan fingerprint density at radius 1 is 0.755 bits per heavy atom. The average molecular weight is 728 g/mol. The predicted molar refractivity (Wildman–Crippen MR) is 199 cm³/mol. The van der Waals surface area contributed by atoms with E-state index in [0.29, 0.717) is 59.0 Å². The van der Waals surface area contributed by atoms with Gasteiger partial charge in [0.15, 0.2) is 0 Å². The number of benzene rings is 4. The van der Waals surface area contributed by atoms with Crippen molar-refractivity contribution in [2.75, 3.05) is 53.7 Å². The number of carboxylic acids is 1. The molecule has 11 heteroatoms. The molecule has 4 aromatic carbocycles. The number of carbonyl (C=O) groups excluding carboxylic acids is 1. The molecule has 1 N–H and O–H groups in total. The highest BCUT2D eigenvalue weighted by molar-refractivity contribution is 5.91. The molecule has 11 nitrogen and oxygen atoms in total. The molecule has 5 rings (SSSR count). The highest BCUT2D eigenvalue weighted by Gasteiger charge is 2.34. The maximum atomic E-state index is 13.2. The smallest absolute Gasteiger partial charge is 0.410 e. The Morgan fingerprint density at radius 3 is 2.28 bits per heavy atom. The number of carbonyl (C=O) groups is 2. The van der Waals surface area contributed by atoms with E-state index in [-0.39, 0.29) is 36.5 Å². The lowest BCUT2D eigenvalue weighted by Gasteiger charge is -2.38. The van der Waals surface area contributed by atoms with Crippen LogP contribution in [0.1, 0.15) is 57.8 Å². The van der Waals surface area contributed by atoms with Crippen LogP contribution in [0.15, 0.2) is 97.1 Å². The van der Waals surface area contributed by atoms with Gasteiger partial charge in [0, 0.05) is 44.6 Å². The van der Waals surface area contributed by atoms with Gasteiger partial charge in [-0.2, -0.15) is 0 Å². The molecule has 2 atom stereocenters. The molecule has 0 bridgehead atoms. The summed E-state index contributed by atoms with van der Waals surface area (Å²) in [5, 5.41) is 9.70. The van der Waals surface area contributed by atoms with Gasteiger partial charge in [-0.15, -0.1) is 0 Å². The Hall–Kier alpha value is -5.10. The Kier molecular flexibility index (Phi) is 15.4. The first-order chi connectivity index (χ1) is 25.9. The van der Waals surface area contributed by atoms with Crippen molar-refractivity contribution in [3.05, 3.63) is 125 Å². The van der Waals surface area contributed by atoms with E-state index < -0.39 is 12.1 Å². The van der Waals surface area contributed by atoms with Crippen LogP contribution in [0, 0.1) is 0 Å². The van der Waals surface area contributed by atoms with E-state index in [9.17, 15) is 14.7 Å². The quantitative estimate of drug-likeness (QED) is 0.0916. The summed E-state index contributed by atoms with van der Waals surface area (Å²) in [5.41, 5.74) is 3.83.